The Morgan fingerprint density at radius 3 is 2.83 bits per heavy atom. The van der Waals surface area contributed by atoms with Gasteiger partial charge in [0.2, 0.25) is 5.91 Å². The second kappa shape index (κ2) is 7.79. The zero-order chi connectivity index (χ0) is 17.0. The number of carbonyl (C=O) groups is 2. The molecule has 1 N–H and O–H groups in total. The van der Waals surface area contributed by atoms with Crippen LogP contribution in [0.4, 0.5) is 0 Å². The molecule has 0 aliphatic carbocycles. The van der Waals surface area contributed by atoms with E-state index in [0.717, 1.165) is 5.56 Å². The van der Waals surface area contributed by atoms with Gasteiger partial charge in [0.15, 0.2) is 0 Å². The first-order valence-corrected chi connectivity index (χ1v) is 8.08. The van der Waals surface area contributed by atoms with Crippen molar-refractivity contribution >= 4 is 23.5 Å². The molecule has 1 aliphatic heterocycles. The van der Waals surface area contributed by atoms with Crippen LogP contribution in [0.25, 0.3) is 0 Å². The fourth-order valence-electron chi connectivity index (χ4n) is 3.10. The lowest BCUT2D eigenvalue weighted by atomic mass is 9.99. The second-order valence-corrected chi connectivity index (χ2v) is 6.51. The number of carboxylic acid groups (broad SMARTS) is 1. The molecule has 6 heteroatoms. The summed E-state index contributed by atoms with van der Waals surface area (Å²) in [6, 6.07) is 7.14. The van der Waals surface area contributed by atoms with Crippen LogP contribution in [0, 0.1) is 5.92 Å². The molecule has 126 valence electrons. The van der Waals surface area contributed by atoms with Gasteiger partial charge in [0.05, 0.1) is 12.5 Å². The predicted molar refractivity (Wildman–Crippen MR) is 87.5 cm³/mol. The molecule has 1 amide bonds. The average molecular weight is 340 g/mol. The van der Waals surface area contributed by atoms with Crippen molar-refractivity contribution in [3.05, 3.63) is 34.9 Å². The van der Waals surface area contributed by atoms with Crippen LogP contribution < -0.4 is 0 Å². The summed E-state index contributed by atoms with van der Waals surface area (Å²) < 4.78 is 5.31. The van der Waals surface area contributed by atoms with Crippen LogP contribution in [0.2, 0.25) is 5.02 Å². The number of benzene rings is 1. The summed E-state index contributed by atoms with van der Waals surface area (Å²) in [6.07, 6.45) is 1.00. The van der Waals surface area contributed by atoms with E-state index in [1.165, 1.54) is 0 Å². The first kappa shape index (κ1) is 17.8. The minimum atomic E-state index is -0.896. The summed E-state index contributed by atoms with van der Waals surface area (Å²) in [7, 11) is 1.59. The lowest BCUT2D eigenvalue weighted by molar-refractivity contribution is -0.141. The zero-order valence-corrected chi connectivity index (χ0v) is 14.1. The Hall–Kier alpha value is -1.59. The molecule has 3 unspecified atom stereocenters. The number of rotatable bonds is 6. The number of carbonyl (C=O) groups excluding carboxylic acids is 1. The van der Waals surface area contributed by atoms with Crippen molar-refractivity contribution in [2.24, 2.45) is 5.92 Å². The van der Waals surface area contributed by atoms with Gasteiger partial charge in [-0.2, -0.15) is 0 Å². The largest absolute Gasteiger partial charge is 0.481 e. The van der Waals surface area contributed by atoms with E-state index < -0.39 is 5.97 Å². The number of amides is 1. The van der Waals surface area contributed by atoms with E-state index in [0.29, 0.717) is 24.4 Å². The normalized spacial score (nSPS) is 22.1. The van der Waals surface area contributed by atoms with Crippen molar-refractivity contribution in [3.8, 4) is 0 Å². The van der Waals surface area contributed by atoms with E-state index >= 15 is 0 Å². The highest BCUT2D eigenvalue weighted by atomic mass is 35.5. The van der Waals surface area contributed by atoms with Gasteiger partial charge < -0.3 is 14.7 Å². The van der Waals surface area contributed by atoms with E-state index in [-0.39, 0.29) is 30.4 Å². The van der Waals surface area contributed by atoms with Gasteiger partial charge in [-0.3, -0.25) is 9.59 Å². The van der Waals surface area contributed by atoms with Crippen LogP contribution in [-0.4, -0.2) is 47.7 Å². The molecule has 3 atom stereocenters. The minimum absolute atomic E-state index is 0.0317. The third-order valence-corrected chi connectivity index (χ3v) is 4.49. The molecule has 0 aromatic heterocycles. The van der Waals surface area contributed by atoms with Crippen molar-refractivity contribution in [3.63, 3.8) is 0 Å². The number of carboxylic acids is 1. The Labute approximate surface area is 141 Å². The molecule has 1 aliphatic rings. The molecule has 5 nitrogen and oxygen atoms in total. The number of aliphatic carboxylic acids is 1. The van der Waals surface area contributed by atoms with Crippen molar-refractivity contribution in [1.29, 1.82) is 0 Å². The number of methoxy groups -OCH3 is 1. The summed E-state index contributed by atoms with van der Waals surface area (Å²) in [5.74, 6) is -1.16. The number of likely N-dealkylation sites (tertiary alicyclic amines) is 1. The monoisotopic (exact) mass is 339 g/mol. The fraction of sp³-hybridized carbons (Fsp3) is 0.529. The van der Waals surface area contributed by atoms with Gasteiger partial charge in [-0.25, -0.2) is 0 Å². The fourth-order valence-corrected chi connectivity index (χ4v) is 3.31. The van der Waals surface area contributed by atoms with Crippen molar-refractivity contribution in [2.75, 3.05) is 13.7 Å². The molecule has 1 fully saturated rings. The molecule has 1 aromatic carbocycles. The van der Waals surface area contributed by atoms with Crippen LogP contribution in [-0.2, 0) is 20.7 Å². The number of nitrogens with zero attached hydrogens (tertiary/aromatic N) is 1. The molecule has 1 heterocycles. The van der Waals surface area contributed by atoms with E-state index in [9.17, 15) is 9.59 Å². The van der Waals surface area contributed by atoms with Crippen LogP contribution in [0.15, 0.2) is 24.3 Å². The van der Waals surface area contributed by atoms with Crippen LogP contribution in [0.1, 0.15) is 25.3 Å². The van der Waals surface area contributed by atoms with Crippen molar-refractivity contribution < 1.29 is 19.4 Å². The van der Waals surface area contributed by atoms with Crippen LogP contribution in [0.5, 0.6) is 0 Å². The smallest absolute Gasteiger partial charge is 0.305 e. The Kier molecular flexibility index (Phi) is 6.02. The Balaban J connectivity index is 2.05. The highest BCUT2D eigenvalue weighted by Crippen LogP contribution is 2.26. The third kappa shape index (κ3) is 4.69. The molecule has 0 radical (unpaired) electrons. The first-order chi connectivity index (χ1) is 10.9. The maximum Gasteiger partial charge on any atom is 0.305 e. The van der Waals surface area contributed by atoms with Gasteiger partial charge in [0.25, 0.3) is 0 Å². The lowest BCUT2D eigenvalue weighted by Gasteiger charge is -2.26. The Bertz CT molecular complexity index is 577. The summed E-state index contributed by atoms with van der Waals surface area (Å²) in [4.78, 5) is 25.4. The summed E-state index contributed by atoms with van der Waals surface area (Å²) in [5, 5.41) is 9.69. The quantitative estimate of drug-likeness (QED) is 0.865. The molecule has 1 saturated heterocycles. The van der Waals surface area contributed by atoms with Crippen LogP contribution >= 0.6 is 11.6 Å². The van der Waals surface area contributed by atoms with E-state index in [2.05, 4.69) is 0 Å². The zero-order valence-electron chi connectivity index (χ0n) is 13.4. The Morgan fingerprint density at radius 1 is 1.48 bits per heavy atom. The van der Waals surface area contributed by atoms with E-state index in [1.54, 1.807) is 18.1 Å². The number of ether oxygens (including phenoxy) is 1. The molecule has 0 bridgehead atoms. The van der Waals surface area contributed by atoms with Gasteiger partial charge in [-0.15, -0.1) is 0 Å². The third-order valence-electron chi connectivity index (χ3n) is 4.26. The summed E-state index contributed by atoms with van der Waals surface area (Å²) in [6.45, 7) is 2.31. The Morgan fingerprint density at radius 2 is 2.22 bits per heavy atom. The molecular formula is C17H22ClNO4. The summed E-state index contributed by atoms with van der Waals surface area (Å²) in [5.41, 5.74) is 0.996. The number of halogens is 1. The SMILES string of the molecule is COC1CC(CC(=O)O)N(C(=O)C(C)Cc2cccc(Cl)c2)C1. The highest BCUT2D eigenvalue weighted by molar-refractivity contribution is 6.30. The number of hydrogen-bond acceptors (Lipinski definition) is 3. The average Bonchev–Trinajstić information content (AvgIpc) is 2.88. The topological polar surface area (TPSA) is 66.8 Å². The number of hydrogen-bond donors (Lipinski definition) is 1. The predicted octanol–water partition coefficient (Wildman–Crippen LogP) is 2.61. The maximum absolute atomic E-state index is 12.7. The molecular weight excluding hydrogens is 318 g/mol. The minimum Gasteiger partial charge on any atom is -0.481 e. The van der Waals surface area contributed by atoms with Gasteiger partial charge in [0.1, 0.15) is 0 Å². The van der Waals surface area contributed by atoms with E-state index in [1.807, 2.05) is 25.1 Å². The van der Waals surface area contributed by atoms with Gasteiger partial charge in [-0.1, -0.05) is 30.7 Å². The summed E-state index contributed by atoms with van der Waals surface area (Å²) >= 11 is 5.98. The highest BCUT2D eigenvalue weighted by Gasteiger charge is 2.37. The van der Waals surface area contributed by atoms with Gasteiger partial charge in [0, 0.05) is 30.6 Å². The van der Waals surface area contributed by atoms with E-state index in [4.69, 9.17) is 21.4 Å². The maximum atomic E-state index is 12.7. The molecule has 0 saturated carbocycles. The lowest BCUT2D eigenvalue weighted by Crippen LogP contribution is -2.40. The first-order valence-electron chi connectivity index (χ1n) is 7.70. The van der Waals surface area contributed by atoms with Gasteiger partial charge in [-0.05, 0) is 30.5 Å². The molecule has 1 aromatic rings. The van der Waals surface area contributed by atoms with Crippen LogP contribution in [0.3, 0.4) is 0 Å². The van der Waals surface area contributed by atoms with Crippen molar-refractivity contribution in [1.82, 2.24) is 4.90 Å². The molecule has 2 rings (SSSR count). The molecule has 0 spiro atoms. The standard InChI is InChI=1S/C17H22ClNO4/c1-11(6-12-4-3-5-13(18)7-12)17(22)19-10-15(23-2)8-14(19)9-16(20)21/h3-5,7,11,14-15H,6,8-10H2,1-2H3,(H,20,21). The second-order valence-electron chi connectivity index (χ2n) is 6.07. The molecule has 23 heavy (non-hydrogen) atoms. The van der Waals surface area contributed by atoms with Gasteiger partial charge >= 0.3 is 5.97 Å². The van der Waals surface area contributed by atoms with Crippen molar-refractivity contribution in [2.45, 2.75) is 38.3 Å².